The molecule has 0 saturated heterocycles. The van der Waals surface area contributed by atoms with Crippen molar-refractivity contribution >= 4 is 27.3 Å². The van der Waals surface area contributed by atoms with Gasteiger partial charge in [-0.2, -0.15) is 0 Å². The largest absolute Gasteiger partial charge is 0.387 e. The molecule has 2 aromatic rings. The first kappa shape index (κ1) is 13.3. The molecule has 19 heavy (non-hydrogen) atoms. The molecule has 3 rings (SSSR count). The topological polar surface area (TPSA) is 46.2 Å². The van der Waals surface area contributed by atoms with Crippen LogP contribution in [-0.2, 0) is 12.8 Å². The Hall–Kier alpha value is -0.680. The second-order valence-electron chi connectivity index (χ2n) is 5.22. The maximum Gasteiger partial charge on any atom is 0.0967 e. The summed E-state index contributed by atoms with van der Waals surface area (Å²) in [6, 6.07) is 10.4. The number of aliphatic hydroxyl groups excluding tert-OH is 1. The number of rotatable bonds is 3. The van der Waals surface area contributed by atoms with Crippen LogP contribution in [0.15, 0.2) is 40.2 Å². The predicted octanol–water partition coefficient (Wildman–Crippen LogP) is 3.29. The summed E-state index contributed by atoms with van der Waals surface area (Å²) in [4.78, 5) is 0.984. The Bertz CT molecular complexity index is 570. The maximum absolute atomic E-state index is 10.8. The fourth-order valence-electron chi connectivity index (χ4n) is 2.95. The number of hydrogen-bond acceptors (Lipinski definition) is 3. The molecule has 0 saturated carbocycles. The quantitative estimate of drug-likeness (QED) is 0.902. The van der Waals surface area contributed by atoms with E-state index >= 15 is 0 Å². The van der Waals surface area contributed by atoms with Crippen LogP contribution in [0, 0.1) is 5.41 Å². The summed E-state index contributed by atoms with van der Waals surface area (Å²) < 4.78 is 0.980. The molecule has 1 atom stereocenters. The number of aliphatic hydroxyl groups is 1. The number of thiophene rings is 1. The fourth-order valence-corrected chi connectivity index (χ4v) is 4.67. The van der Waals surface area contributed by atoms with Crippen LogP contribution in [-0.4, -0.2) is 11.7 Å². The molecule has 1 aromatic carbocycles. The molecule has 1 aromatic heterocycles. The normalized spacial score (nSPS) is 18.3. The van der Waals surface area contributed by atoms with Crippen LogP contribution in [0.25, 0.3) is 0 Å². The highest BCUT2D eigenvalue weighted by atomic mass is 79.9. The van der Waals surface area contributed by atoms with Gasteiger partial charge in [0.25, 0.3) is 0 Å². The lowest BCUT2D eigenvalue weighted by Crippen LogP contribution is -2.37. The highest BCUT2D eigenvalue weighted by molar-refractivity contribution is 9.10. The molecular weight excluding hydrogens is 322 g/mol. The van der Waals surface area contributed by atoms with Gasteiger partial charge in [0, 0.05) is 21.3 Å². The Balaban J connectivity index is 1.97. The van der Waals surface area contributed by atoms with Crippen LogP contribution in [0.1, 0.15) is 22.1 Å². The molecule has 1 aliphatic carbocycles. The molecule has 1 heterocycles. The summed E-state index contributed by atoms with van der Waals surface area (Å²) in [6.45, 7) is 0.493. The molecule has 4 heteroatoms. The van der Waals surface area contributed by atoms with E-state index in [9.17, 15) is 5.11 Å². The summed E-state index contributed by atoms with van der Waals surface area (Å²) in [5.41, 5.74) is 8.41. The second-order valence-corrected chi connectivity index (χ2v) is 7.03. The summed E-state index contributed by atoms with van der Waals surface area (Å²) in [7, 11) is 0. The molecule has 0 amide bonds. The van der Waals surface area contributed by atoms with Crippen molar-refractivity contribution in [3.63, 3.8) is 0 Å². The van der Waals surface area contributed by atoms with E-state index in [1.807, 2.05) is 11.4 Å². The van der Waals surface area contributed by atoms with Crippen molar-refractivity contribution in [1.82, 2.24) is 0 Å². The van der Waals surface area contributed by atoms with E-state index < -0.39 is 6.10 Å². The number of benzene rings is 1. The van der Waals surface area contributed by atoms with Crippen LogP contribution in [0.2, 0.25) is 0 Å². The molecule has 0 bridgehead atoms. The van der Waals surface area contributed by atoms with Gasteiger partial charge in [-0.3, -0.25) is 0 Å². The predicted molar refractivity (Wildman–Crippen MR) is 82.3 cm³/mol. The van der Waals surface area contributed by atoms with Crippen LogP contribution in [0.5, 0.6) is 0 Å². The minimum atomic E-state index is -0.515. The number of fused-ring (bicyclic) bond motifs is 1. The lowest BCUT2D eigenvalue weighted by molar-refractivity contribution is 0.0382. The number of halogens is 1. The lowest BCUT2D eigenvalue weighted by atomic mass is 9.78. The van der Waals surface area contributed by atoms with Crippen molar-refractivity contribution < 1.29 is 5.11 Å². The van der Waals surface area contributed by atoms with Crippen LogP contribution in [0.4, 0.5) is 0 Å². The molecule has 1 aliphatic rings. The average molecular weight is 338 g/mol. The van der Waals surface area contributed by atoms with Crippen molar-refractivity contribution in [2.45, 2.75) is 18.9 Å². The first-order valence-corrected chi connectivity index (χ1v) is 8.01. The van der Waals surface area contributed by atoms with Crippen LogP contribution < -0.4 is 5.73 Å². The van der Waals surface area contributed by atoms with Gasteiger partial charge in [0.05, 0.1) is 6.10 Å². The third kappa shape index (κ3) is 2.17. The molecule has 0 fully saturated rings. The molecular formula is C15H16BrNOS. The van der Waals surface area contributed by atoms with Crippen molar-refractivity contribution in [2.75, 3.05) is 6.54 Å². The zero-order valence-electron chi connectivity index (χ0n) is 10.5. The molecule has 100 valence electrons. The van der Waals surface area contributed by atoms with Gasteiger partial charge in [0.2, 0.25) is 0 Å². The Labute approximate surface area is 125 Å². The van der Waals surface area contributed by atoms with E-state index in [0.29, 0.717) is 6.54 Å². The Kier molecular flexibility index (Phi) is 3.52. The molecule has 0 radical (unpaired) electrons. The van der Waals surface area contributed by atoms with Crippen molar-refractivity contribution in [3.8, 4) is 0 Å². The van der Waals surface area contributed by atoms with Crippen molar-refractivity contribution in [1.29, 1.82) is 0 Å². The van der Waals surface area contributed by atoms with E-state index in [0.717, 1.165) is 22.2 Å². The summed E-state index contributed by atoms with van der Waals surface area (Å²) in [6.07, 6.45) is 1.19. The second kappa shape index (κ2) is 5.02. The Morgan fingerprint density at radius 3 is 2.37 bits per heavy atom. The summed E-state index contributed by atoms with van der Waals surface area (Å²) in [5, 5.41) is 12.8. The molecule has 3 N–H and O–H groups in total. The fraction of sp³-hybridized carbons (Fsp3) is 0.333. The minimum Gasteiger partial charge on any atom is -0.387 e. The Morgan fingerprint density at radius 2 is 1.89 bits per heavy atom. The van der Waals surface area contributed by atoms with Crippen molar-refractivity contribution in [2.24, 2.45) is 11.1 Å². The van der Waals surface area contributed by atoms with Gasteiger partial charge in [0.1, 0.15) is 0 Å². The van der Waals surface area contributed by atoms with Gasteiger partial charge < -0.3 is 10.8 Å². The smallest absolute Gasteiger partial charge is 0.0967 e. The first-order valence-electron chi connectivity index (χ1n) is 6.34. The van der Waals surface area contributed by atoms with Gasteiger partial charge in [-0.25, -0.2) is 0 Å². The zero-order chi connectivity index (χ0) is 13.5. The first-order chi connectivity index (χ1) is 9.16. The van der Waals surface area contributed by atoms with Crippen molar-refractivity contribution in [3.05, 3.63) is 56.2 Å². The van der Waals surface area contributed by atoms with E-state index in [4.69, 9.17) is 5.73 Å². The lowest BCUT2D eigenvalue weighted by Gasteiger charge is -2.32. The summed E-state index contributed by atoms with van der Waals surface area (Å²) >= 11 is 5.10. The highest BCUT2D eigenvalue weighted by Gasteiger charge is 2.43. The van der Waals surface area contributed by atoms with E-state index in [2.05, 4.69) is 40.2 Å². The van der Waals surface area contributed by atoms with Gasteiger partial charge >= 0.3 is 0 Å². The molecule has 1 unspecified atom stereocenters. The number of nitrogens with two attached hydrogens (primary N) is 1. The summed E-state index contributed by atoms with van der Waals surface area (Å²) in [5.74, 6) is 0. The zero-order valence-corrected chi connectivity index (χ0v) is 12.9. The third-order valence-corrected chi connectivity index (χ3v) is 6.01. The van der Waals surface area contributed by atoms with E-state index in [1.165, 1.54) is 11.1 Å². The van der Waals surface area contributed by atoms with Crippen LogP contribution >= 0.6 is 27.3 Å². The van der Waals surface area contributed by atoms with E-state index in [1.54, 1.807) is 11.3 Å². The molecule has 2 nitrogen and oxygen atoms in total. The molecule has 0 spiro atoms. The highest BCUT2D eigenvalue weighted by Crippen LogP contribution is 2.47. The average Bonchev–Trinajstić information content (AvgIpc) is 3.01. The van der Waals surface area contributed by atoms with E-state index in [-0.39, 0.29) is 5.41 Å². The Morgan fingerprint density at radius 1 is 1.26 bits per heavy atom. The van der Waals surface area contributed by atoms with Gasteiger partial charge in [0.15, 0.2) is 0 Å². The van der Waals surface area contributed by atoms with Crippen LogP contribution in [0.3, 0.4) is 0 Å². The standard InChI is InChI=1S/C15H16BrNOS/c16-12-5-6-19-13(12)14(18)15(9-17)7-10-3-1-2-4-11(10)8-15/h1-6,14,18H,7-9,17H2. The SMILES string of the molecule is NCC1(C(O)c2sccc2Br)Cc2ccccc2C1. The van der Waals surface area contributed by atoms with Gasteiger partial charge in [-0.15, -0.1) is 11.3 Å². The monoisotopic (exact) mass is 337 g/mol. The maximum atomic E-state index is 10.8. The third-order valence-electron chi connectivity index (χ3n) is 4.08. The van der Waals surface area contributed by atoms with Gasteiger partial charge in [-0.05, 0) is 51.3 Å². The van der Waals surface area contributed by atoms with Gasteiger partial charge in [-0.1, -0.05) is 24.3 Å². The minimum absolute atomic E-state index is 0.267. The molecule has 0 aliphatic heterocycles. The number of hydrogen-bond donors (Lipinski definition) is 2.